The summed E-state index contributed by atoms with van der Waals surface area (Å²) in [6.45, 7) is 2.24. The van der Waals surface area contributed by atoms with Crippen LogP contribution in [-0.2, 0) is 13.0 Å². The minimum Gasteiger partial charge on any atom is -0.444 e. The number of hydrogen-bond donors (Lipinski definition) is 1. The topological polar surface area (TPSA) is 63.8 Å². The third-order valence-electron chi connectivity index (χ3n) is 2.85. The molecule has 3 rings (SSSR count). The zero-order valence-corrected chi connectivity index (χ0v) is 11.8. The molecule has 3 aromatic rings. The van der Waals surface area contributed by atoms with Crippen LogP contribution in [0.5, 0.6) is 0 Å². The minimum absolute atomic E-state index is 0.115. The first-order valence-corrected chi connectivity index (χ1v) is 7.11. The Balaban J connectivity index is 2.09. The average Bonchev–Trinajstić information content (AvgIpc) is 3.02. The number of aromatic amines is 1. The van der Waals surface area contributed by atoms with Crippen LogP contribution in [0.2, 0.25) is 0 Å². The van der Waals surface area contributed by atoms with Crippen LogP contribution in [0, 0.1) is 4.77 Å². The van der Waals surface area contributed by atoms with E-state index in [-0.39, 0.29) is 12.1 Å². The van der Waals surface area contributed by atoms with E-state index >= 15 is 0 Å². The smallest absolute Gasteiger partial charge is 0.263 e. The Kier molecular flexibility index (Phi) is 3.08. The van der Waals surface area contributed by atoms with Crippen LogP contribution in [-0.4, -0.2) is 14.5 Å². The van der Waals surface area contributed by atoms with Crippen LogP contribution in [0.25, 0.3) is 10.2 Å². The average molecular weight is 293 g/mol. The van der Waals surface area contributed by atoms with Gasteiger partial charge in [-0.15, -0.1) is 11.3 Å². The molecule has 19 heavy (non-hydrogen) atoms. The Bertz CT molecular complexity index is 840. The lowest BCUT2D eigenvalue weighted by Gasteiger charge is -2.03. The maximum atomic E-state index is 12.3. The summed E-state index contributed by atoms with van der Waals surface area (Å²) < 4.78 is 7.37. The normalized spacial score (nSPS) is 11.2. The lowest BCUT2D eigenvalue weighted by molar-refractivity contribution is 0.442. The molecule has 0 saturated carbocycles. The molecule has 7 heteroatoms. The van der Waals surface area contributed by atoms with Crippen LogP contribution >= 0.6 is 23.6 Å². The van der Waals surface area contributed by atoms with Gasteiger partial charge in [-0.05, 0) is 23.7 Å². The number of rotatable bonds is 3. The van der Waals surface area contributed by atoms with Crippen molar-refractivity contribution in [1.29, 1.82) is 0 Å². The Labute approximate surface area is 117 Å². The summed E-state index contributed by atoms with van der Waals surface area (Å²) in [5.74, 6) is 1.29. The molecule has 0 bridgehead atoms. The molecule has 0 radical (unpaired) electrons. The second-order valence-corrected chi connectivity index (χ2v) is 5.36. The van der Waals surface area contributed by atoms with Crippen molar-refractivity contribution in [3.8, 4) is 0 Å². The number of oxazole rings is 1. The molecule has 0 amide bonds. The van der Waals surface area contributed by atoms with Crippen LogP contribution < -0.4 is 5.56 Å². The molecule has 0 aliphatic carbocycles. The summed E-state index contributed by atoms with van der Waals surface area (Å²) in [4.78, 5) is 20.3. The van der Waals surface area contributed by atoms with Gasteiger partial charge in [-0.2, -0.15) is 0 Å². The Morgan fingerprint density at radius 1 is 1.58 bits per heavy atom. The number of H-pyrrole nitrogens is 1. The van der Waals surface area contributed by atoms with E-state index in [4.69, 9.17) is 16.6 Å². The quantitative estimate of drug-likeness (QED) is 0.754. The molecule has 0 unspecified atom stereocenters. The summed E-state index contributed by atoms with van der Waals surface area (Å²) in [6.07, 6.45) is 2.45. The van der Waals surface area contributed by atoms with E-state index in [1.54, 1.807) is 12.3 Å². The molecule has 1 N–H and O–H groups in total. The zero-order chi connectivity index (χ0) is 13.4. The fraction of sp³-hybridized carbons (Fsp3) is 0.250. The highest BCUT2D eigenvalue weighted by Crippen LogP contribution is 2.14. The Hall–Kier alpha value is -1.73. The molecular formula is C12H11N3O2S2. The number of fused-ring (bicyclic) bond motifs is 1. The van der Waals surface area contributed by atoms with Crippen molar-refractivity contribution < 1.29 is 4.42 Å². The Morgan fingerprint density at radius 2 is 2.42 bits per heavy atom. The van der Waals surface area contributed by atoms with Gasteiger partial charge in [0.05, 0.1) is 11.6 Å². The van der Waals surface area contributed by atoms with Crippen molar-refractivity contribution >= 4 is 33.8 Å². The summed E-state index contributed by atoms with van der Waals surface area (Å²) in [5, 5.41) is 2.50. The summed E-state index contributed by atoms with van der Waals surface area (Å²) in [7, 11) is 0. The molecule has 3 heterocycles. The van der Waals surface area contributed by atoms with E-state index in [0.717, 1.165) is 17.0 Å². The van der Waals surface area contributed by atoms with E-state index < -0.39 is 0 Å². The minimum atomic E-state index is -0.115. The van der Waals surface area contributed by atoms with E-state index in [0.29, 0.717) is 16.0 Å². The van der Waals surface area contributed by atoms with Gasteiger partial charge in [-0.1, -0.05) is 6.92 Å². The third kappa shape index (κ3) is 2.15. The van der Waals surface area contributed by atoms with Gasteiger partial charge < -0.3 is 9.40 Å². The Morgan fingerprint density at radius 3 is 3.16 bits per heavy atom. The summed E-state index contributed by atoms with van der Waals surface area (Å²) in [6, 6.07) is 1.79. The fourth-order valence-electron chi connectivity index (χ4n) is 1.84. The van der Waals surface area contributed by atoms with E-state index in [1.807, 2.05) is 12.3 Å². The first-order valence-electron chi connectivity index (χ1n) is 5.83. The van der Waals surface area contributed by atoms with Crippen molar-refractivity contribution in [1.82, 2.24) is 14.5 Å². The molecule has 0 aliphatic heterocycles. The van der Waals surface area contributed by atoms with Crippen LogP contribution in [0.3, 0.4) is 0 Å². The van der Waals surface area contributed by atoms with Gasteiger partial charge in [0.15, 0.2) is 4.77 Å². The van der Waals surface area contributed by atoms with Crippen LogP contribution in [0.15, 0.2) is 26.9 Å². The summed E-state index contributed by atoms with van der Waals surface area (Å²) in [5.41, 5.74) is -0.115. The lowest BCUT2D eigenvalue weighted by atomic mass is 10.4. The number of aryl methyl sites for hydroxylation is 1. The molecule has 5 nitrogen and oxygen atoms in total. The van der Waals surface area contributed by atoms with E-state index in [9.17, 15) is 4.79 Å². The maximum Gasteiger partial charge on any atom is 0.263 e. The first-order chi connectivity index (χ1) is 9.19. The molecule has 3 aromatic heterocycles. The van der Waals surface area contributed by atoms with Crippen molar-refractivity contribution in [3.63, 3.8) is 0 Å². The van der Waals surface area contributed by atoms with Gasteiger partial charge in [-0.3, -0.25) is 9.36 Å². The van der Waals surface area contributed by atoms with Gasteiger partial charge in [0, 0.05) is 6.42 Å². The van der Waals surface area contributed by atoms with Crippen molar-refractivity contribution in [2.45, 2.75) is 19.9 Å². The highest BCUT2D eigenvalue weighted by Gasteiger charge is 2.10. The predicted molar refractivity (Wildman–Crippen MR) is 76.3 cm³/mol. The fourth-order valence-corrected chi connectivity index (χ4v) is 2.93. The third-order valence-corrected chi connectivity index (χ3v) is 4.00. The van der Waals surface area contributed by atoms with Gasteiger partial charge >= 0.3 is 0 Å². The van der Waals surface area contributed by atoms with Gasteiger partial charge in [0.25, 0.3) is 5.56 Å². The molecule has 0 spiro atoms. The van der Waals surface area contributed by atoms with Crippen molar-refractivity contribution in [3.05, 3.63) is 44.4 Å². The summed E-state index contributed by atoms with van der Waals surface area (Å²) >= 11 is 6.68. The zero-order valence-electron chi connectivity index (χ0n) is 10.2. The highest BCUT2D eigenvalue weighted by atomic mass is 32.1. The number of thiophene rings is 1. The second-order valence-electron chi connectivity index (χ2n) is 4.06. The largest absolute Gasteiger partial charge is 0.444 e. The molecule has 0 saturated heterocycles. The molecule has 98 valence electrons. The number of aromatic nitrogens is 3. The van der Waals surface area contributed by atoms with Crippen molar-refractivity contribution in [2.75, 3.05) is 0 Å². The lowest BCUT2D eigenvalue weighted by Crippen LogP contribution is -2.22. The monoisotopic (exact) mass is 293 g/mol. The molecular weight excluding hydrogens is 282 g/mol. The SMILES string of the molecule is CCc1cnc(Cn2c(=S)[nH]c3sccc3c2=O)o1. The highest BCUT2D eigenvalue weighted by molar-refractivity contribution is 7.71. The molecule has 0 aromatic carbocycles. The van der Waals surface area contributed by atoms with E-state index in [2.05, 4.69) is 9.97 Å². The van der Waals surface area contributed by atoms with Crippen LogP contribution in [0.1, 0.15) is 18.6 Å². The van der Waals surface area contributed by atoms with Gasteiger partial charge in [-0.25, -0.2) is 4.98 Å². The second kappa shape index (κ2) is 4.75. The predicted octanol–water partition coefficient (Wildman–Crippen LogP) is 2.72. The molecule has 0 atom stereocenters. The maximum absolute atomic E-state index is 12.3. The van der Waals surface area contributed by atoms with Gasteiger partial charge in [0.2, 0.25) is 5.89 Å². The van der Waals surface area contributed by atoms with Crippen LogP contribution in [0.4, 0.5) is 0 Å². The van der Waals surface area contributed by atoms with Gasteiger partial charge in [0.1, 0.15) is 17.1 Å². The standard InChI is InChI=1S/C12H11N3O2S2/c1-2-7-5-13-9(17-7)6-15-11(16)8-3-4-19-10(8)14-12(15)18/h3-5H,2,6H2,1H3,(H,14,18). The first kappa shape index (κ1) is 12.3. The number of nitrogens with one attached hydrogen (secondary N) is 1. The van der Waals surface area contributed by atoms with Crippen molar-refractivity contribution in [2.24, 2.45) is 0 Å². The molecule has 0 fully saturated rings. The van der Waals surface area contributed by atoms with E-state index in [1.165, 1.54) is 15.9 Å². The number of hydrogen-bond acceptors (Lipinski definition) is 5. The molecule has 0 aliphatic rings. The number of nitrogens with zero attached hydrogens (tertiary/aromatic N) is 2.